The maximum atomic E-state index is 12.3. The van der Waals surface area contributed by atoms with Crippen LogP contribution >= 0.6 is 0 Å². The molecular formula is C12H18N4O3. The van der Waals surface area contributed by atoms with Crippen molar-refractivity contribution in [3.05, 3.63) is 12.7 Å². The highest BCUT2D eigenvalue weighted by Crippen LogP contribution is 2.34. The molecule has 1 atom stereocenters. The minimum absolute atomic E-state index is 0.0404. The molecule has 1 N–H and O–H groups in total. The van der Waals surface area contributed by atoms with Gasteiger partial charge in [0.2, 0.25) is 5.91 Å². The minimum atomic E-state index is -1.04. The van der Waals surface area contributed by atoms with Gasteiger partial charge in [-0.15, -0.1) is 0 Å². The van der Waals surface area contributed by atoms with Crippen molar-refractivity contribution in [1.82, 2.24) is 19.7 Å². The number of amides is 1. The van der Waals surface area contributed by atoms with Gasteiger partial charge < -0.3 is 10.0 Å². The van der Waals surface area contributed by atoms with E-state index in [4.69, 9.17) is 0 Å². The SMILES string of the molecule is CCCC1(C(=O)O)CCCN1C(=O)Cn1cncn1. The third-order valence-electron chi connectivity index (χ3n) is 3.62. The number of hydrogen-bond acceptors (Lipinski definition) is 4. The molecular weight excluding hydrogens is 248 g/mol. The molecule has 0 spiro atoms. The Bertz CT molecular complexity index is 460. The number of aliphatic carboxylic acids is 1. The van der Waals surface area contributed by atoms with Crippen LogP contribution in [0, 0.1) is 0 Å². The van der Waals surface area contributed by atoms with Crippen molar-refractivity contribution < 1.29 is 14.7 Å². The van der Waals surface area contributed by atoms with Crippen LogP contribution in [0.3, 0.4) is 0 Å². The highest BCUT2D eigenvalue weighted by molar-refractivity contribution is 5.87. The van der Waals surface area contributed by atoms with Crippen LogP contribution in [0.1, 0.15) is 32.6 Å². The van der Waals surface area contributed by atoms with E-state index < -0.39 is 11.5 Å². The molecule has 1 saturated heterocycles. The molecule has 0 aliphatic carbocycles. The highest BCUT2D eigenvalue weighted by atomic mass is 16.4. The summed E-state index contributed by atoms with van der Waals surface area (Å²) in [5, 5.41) is 13.4. The Morgan fingerprint density at radius 3 is 2.84 bits per heavy atom. The summed E-state index contributed by atoms with van der Waals surface area (Å²) < 4.78 is 1.42. The van der Waals surface area contributed by atoms with Crippen LogP contribution in [0.5, 0.6) is 0 Å². The lowest BCUT2D eigenvalue weighted by molar-refractivity contribution is -0.157. The van der Waals surface area contributed by atoms with Gasteiger partial charge >= 0.3 is 5.97 Å². The van der Waals surface area contributed by atoms with Gasteiger partial charge in [0.15, 0.2) is 0 Å². The number of carboxylic acid groups (broad SMARTS) is 1. The van der Waals surface area contributed by atoms with E-state index in [2.05, 4.69) is 10.1 Å². The molecule has 0 aromatic carbocycles. The fourth-order valence-corrected chi connectivity index (χ4v) is 2.78. The molecule has 0 saturated carbocycles. The zero-order valence-corrected chi connectivity index (χ0v) is 10.9. The summed E-state index contributed by atoms with van der Waals surface area (Å²) in [5.74, 6) is -1.11. The van der Waals surface area contributed by atoms with E-state index in [1.807, 2.05) is 6.92 Å². The zero-order valence-electron chi connectivity index (χ0n) is 10.9. The molecule has 2 rings (SSSR count). The van der Waals surface area contributed by atoms with E-state index in [-0.39, 0.29) is 12.5 Å². The average molecular weight is 266 g/mol. The summed E-state index contributed by atoms with van der Waals surface area (Å²) in [6.45, 7) is 2.47. The summed E-state index contributed by atoms with van der Waals surface area (Å²) in [6, 6.07) is 0. The maximum absolute atomic E-state index is 12.3. The predicted octanol–water partition coefficient (Wildman–Crippen LogP) is 0.524. The third-order valence-corrected chi connectivity index (χ3v) is 3.62. The summed E-state index contributed by atoms with van der Waals surface area (Å²) in [5.41, 5.74) is -1.04. The summed E-state index contributed by atoms with van der Waals surface area (Å²) in [4.78, 5) is 29.2. The normalized spacial score (nSPS) is 22.7. The number of rotatable bonds is 5. The van der Waals surface area contributed by atoms with Crippen molar-refractivity contribution in [2.45, 2.75) is 44.7 Å². The van der Waals surface area contributed by atoms with Crippen LogP contribution in [-0.2, 0) is 16.1 Å². The van der Waals surface area contributed by atoms with Gasteiger partial charge in [-0.1, -0.05) is 13.3 Å². The Morgan fingerprint density at radius 2 is 2.26 bits per heavy atom. The van der Waals surface area contributed by atoms with E-state index in [1.54, 1.807) is 0 Å². The van der Waals surface area contributed by atoms with Crippen molar-refractivity contribution in [1.29, 1.82) is 0 Å². The molecule has 104 valence electrons. The molecule has 0 bridgehead atoms. The second kappa shape index (κ2) is 5.38. The standard InChI is InChI=1S/C12H18N4O3/c1-2-4-12(11(18)19)5-3-6-16(12)10(17)7-15-9-13-8-14-15/h8-9H,2-7H2,1H3,(H,18,19). The first-order chi connectivity index (χ1) is 9.10. The predicted molar refractivity (Wildman–Crippen MR) is 66.2 cm³/mol. The van der Waals surface area contributed by atoms with Crippen molar-refractivity contribution in [3.63, 3.8) is 0 Å². The zero-order chi connectivity index (χ0) is 13.9. The fraction of sp³-hybridized carbons (Fsp3) is 0.667. The van der Waals surface area contributed by atoms with Gasteiger partial charge in [-0.3, -0.25) is 4.79 Å². The molecule has 7 nitrogen and oxygen atoms in total. The first-order valence-electron chi connectivity index (χ1n) is 6.46. The third kappa shape index (κ3) is 2.45. The Labute approximate surface area is 111 Å². The molecule has 1 aromatic rings. The maximum Gasteiger partial charge on any atom is 0.329 e. The van der Waals surface area contributed by atoms with Crippen molar-refractivity contribution in [2.75, 3.05) is 6.54 Å². The fourth-order valence-electron chi connectivity index (χ4n) is 2.78. The van der Waals surface area contributed by atoms with E-state index in [9.17, 15) is 14.7 Å². The van der Waals surface area contributed by atoms with E-state index in [1.165, 1.54) is 22.2 Å². The summed E-state index contributed by atoms with van der Waals surface area (Å²) in [7, 11) is 0. The van der Waals surface area contributed by atoms with Gasteiger partial charge in [0, 0.05) is 6.54 Å². The Kier molecular flexibility index (Phi) is 3.82. The Morgan fingerprint density at radius 1 is 1.47 bits per heavy atom. The number of carboxylic acids is 1. The Balaban J connectivity index is 2.17. The van der Waals surface area contributed by atoms with Gasteiger partial charge in [-0.2, -0.15) is 5.10 Å². The molecule has 0 radical (unpaired) electrons. The highest BCUT2D eigenvalue weighted by Gasteiger charge is 2.48. The molecule has 1 aliphatic heterocycles. The van der Waals surface area contributed by atoms with Crippen LogP contribution < -0.4 is 0 Å². The molecule has 1 amide bonds. The van der Waals surface area contributed by atoms with Gasteiger partial charge in [0.1, 0.15) is 24.7 Å². The second-order valence-electron chi connectivity index (χ2n) is 4.83. The number of carbonyl (C=O) groups is 2. The van der Waals surface area contributed by atoms with Crippen LogP contribution in [-0.4, -0.2) is 48.7 Å². The van der Waals surface area contributed by atoms with Gasteiger partial charge in [0.05, 0.1) is 0 Å². The van der Waals surface area contributed by atoms with E-state index >= 15 is 0 Å². The van der Waals surface area contributed by atoms with Gasteiger partial charge in [0.25, 0.3) is 0 Å². The Hall–Kier alpha value is -1.92. The topological polar surface area (TPSA) is 88.3 Å². The second-order valence-corrected chi connectivity index (χ2v) is 4.83. The molecule has 1 unspecified atom stereocenters. The molecule has 2 heterocycles. The van der Waals surface area contributed by atoms with Crippen LogP contribution in [0.25, 0.3) is 0 Å². The van der Waals surface area contributed by atoms with Crippen LogP contribution in [0.4, 0.5) is 0 Å². The van der Waals surface area contributed by atoms with Crippen molar-refractivity contribution in [3.8, 4) is 0 Å². The van der Waals surface area contributed by atoms with Gasteiger partial charge in [-0.25, -0.2) is 14.5 Å². The molecule has 1 aliphatic rings. The quantitative estimate of drug-likeness (QED) is 0.839. The molecule has 1 fully saturated rings. The van der Waals surface area contributed by atoms with E-state index in [0.29, 0.717) is 19.4 Å². The molecule has 1 aromatic heterocycles. The average Bonchev–Trinajstić information content (AvgIpc) is 2.99. The smallest absolute Gasteiger partial charge is 0.329 e. The van der Waals surface area contributed by atoms with Crippen molar-refractivity contribution >= 4 is 11.9 Å². The summed E-state index contributed by atoms with van der Waals surface area (Å²) in [6.07, 6.45) is 5.30. The number of hydrogen-bond donors (Lipinski definition) is 1. The van der Waals surface area contributed by atoms with Gasteiger partial charge in [-0.05, 0) is 19.3 Å². The monoisotopic (exact) mass is 266 g/mol. The van der Waals surface area contributed by atoms with Crippen LogP contribution in [0.2, 0.25) is 0 Å². The number of nitrogens with zero attached hydrogens (tertiary/aromatic N) is 4. The number of carbonyl (C=O) groups excluding carboxylic acids is 1. The first-order valence-corrected chi connectivity index (χ1v) is 6.46. The largest absolute Gasteiger partial charge is 0.479 e. The lowest BCUT2D eigenvalue weighted by atomic mass is 9.90. The van der Waals surface area contributed by atoms with Crippen LogP contribution in [0.15, 0.2) is 12.7 Å². The molecule has 19 heavy (non-hydrogen) atoms. The number of likely N-dealkylation sites (tertiary alicyclic amines) is 1. The first kappa shape index (κ1) is 13.5. The molecule has 7 heteroatoms. The number of aromatic nitrogens is 3. The minimum Gasteiger partial charge on any atom is -0.479 e. The summed E-state index contributed by atoms with van der Waals surface area (Å²) >= 11 is 0. The van der Waals surface area contributed by atoms with E-state index in [0.717, 1.165) is 12.8 Å². The lowest BCUT2D eigenvalue weighted by Crippen LogP contribution is -2.53. The lowest BCUT2D eigenvalue weighted by Gasteiger charge is -2.34. The van der Waals surface area contributed by atoms with Crippen molar-refractivity contribution in [2.24, 2.45) is 0 Å².